The van der Waals surface area contributed by atoms with Crippen molar-refractivity contribution in [3.8, 4) is 0 Å². The molecule has 0 heterocycles. The van der Waals surface area contributed by atoms with Gasteiger partial charge in [0.2, 0.25) is 0 Å². The summed E-state index contributed by atoms with van der Waals surface area (Å²) in [6, 6.07) is 0. The largest absolute Gasteiger partial charge is 0.492 e. The lowest BCUT2D eigenvalue weighted by Gasteiger charge is -2.04. The molecule has 0 spiro atoms. The van der Waals surface area contributed by atoms with E-state index in [9.17, 15) is 13.2 Å². The van der Waals surface area contributed by atoms with Gasteiger partial charge in [0.15, 0.2) is 6.61 Å². The molecule has 0 aromatic carbocycles. The quantitative estimate of drug-likeness (QED) is 0.437. The van der Waals surface area contributed by atoms with Gasteiger partial charge >= 0.3 is 6.18 Å². The fourth-order valence-electron chi connectivity index (χ4n) is 1.14. The Morgan fingerprint density at radius 2 is 1.73 bits per heavy atom. The highest BCUT2D eigenvalue weighted by molar-refractivity contribution is 4.73. The van der Waals surface area contributed by atoms with Crippen LogP contribution in [0.2, 0.25) is 0 Å². The first-order valence-electron chi connectivity index (χ1n) is 5.39. The zero-order valence-corrected chi connectivity index (χ0v) is 9.15. The Hall–Kier alpha value is -0.670. The summed E-state index contributed by atoms with van der Waals surface area (Å²) in [4.78, 5) is 0. The van der Waals surface area contributed by atoms with E-state index in [2.05, 4.69) is 11.7 Å². The molecule has 0 saturated carbocycles. The van der Waals surface area contributed by atoms with Crippen molar-refractivity contribution in [2.75, 3.05) is 6.61 Å². The Bertz CT molecular complexity index is 164. The number of hydrogen-bond acceptors (Lipinski definition) is 1. The molecule has 0 aromatic rings. The van der Waals surface area contributed by atoms with Crippen LogP contribution in [0, 0.1) is 0 Å². The minimum Gasteiger partial charge on any atom is -0.492 e. The summed E-state index contributed by atoms with van der Waals surface area (Å²) in [5.41, 5.74) is 0. The van der Waals surface area contributed by atoms with E-state index in [1.54, 1.807) is 6.08 Å². The molecule has 0 N–H and O–H groups in total. The minimum absolute atomic E-state index is 0.793. The first kappa shape index (κ1) is 14.3. The number of hydrogen-bond donors (Lipinski definition) is 0. The molecule has 0 fully saturated rings. The third-order valence-corrected chi connectivity index (χ3v) is 1.91. The smallest absolute Gasteiger partial charge is 0.422 e. The standard InChI is InChI=1S/C11H19F3O/c1-2-3-4-5-6-7-8-9-15-10-11(12,13)14/h8-9H,2-7,10H2,1H3. The van der Waals surface area contributed by atoms with Gasteiger partial charge in [-0.1, -0.05) is 32.6 Å². The van der Waals surface area contributed by atoms with Crippen molar-refractivity contribution < 1.29 is 17.9 Å². The molecule has 0 aliphatic heterocycles. The molecule has 15 heavy (non-hydrogen) atoms. The Labute approximate surface area is 89.3 Å². The topological polar surface area (TPSA) is 9.23 Å². The van der Waals surface area contributed by atoms with Crippen LogP contribution in [-0.4, -0.2) is 12.8 Å². The second-order valence-corrected chi connectivity index (χ2v) is 3.50. The number of unbranched alkanes of at least 4 members (excludes halogenated alkanes) is 5. The molecule has 0 radical (unpaired) electrons. The highest BCUT2D eigenvalue weighted by Crippen LogP contribution is 2.14. The lowest BCUT2D eigenvalue weighted by molar-refractivity contribution is -0.161. The maximum Gasteiger partial charge on any atom is 0.422 e. The van der Waals surface area contributed by atoms with Crippen LogP contribution >= 0.6 is 0 Å². The van der Waals surface area contributed by atoms with E-state index in [1.165, 1.54) is 19.3 Å². The Morgan fingerprint density at radius 3 is 2.33 bits per heavy atom. The predicted octanol–water partition coefficient (Wildman–Crippen LogP) is 4.44. The molecule has 0 rings (SSSR count). The van der Waals surface area contributed by atoms with Gasteiger partial charge < -0.3 is 4.74 Å². The number of ether oxygens (including phenoxy) is 1. The monoisotopic (exact) mass is 224 g/mol. The molecule has 0 unspecified atom stereocenters. The summed E-state index contributed by atoms with van der Waals surface area (Å²) in [6.07, 6.45) is 5.15. The Morgan fingerprint density at radius 1 is 1.07 bits per heavy atom. The van der Waals surface area contributed by atoms with Crippen molar-refractivity contribution in [3.05, 3.63) is 12.3 Å². The molecule has 0 aliphatic rings. The van der Waals surface area contributed by atoms with Crippen molar-refractivity contribution in [2.45, 2.75) is 51.6 Å². The van der Waals surface area contributed by atoms with Crippen molar-refractivity contribution in [1.29, 1.82) is 0 Å². The van der Waals surface area contributed by atoms with E-state index in [-0.39, 0.29) is 0 Å². The SMILES string of the molecule is CCCCCCCC=COCC(F)(F)F. The third-order valence-electron chi connectivity index (χ3n) is 1.91. The molecule has 0 saturated heterocycles. The molecule has 90 valence electrons. The summed E-state index contributed by atoms with van der Waals surface area (Å²) in [6.45, 7) is 0.949. The van der Waals surface area contributed by atoms with Crippen LogP contribution in [-0.2, 0) is 4.74 Å². The molecule has 4 heteroatoms. The van der Waals surface area contributed by atoms with E-state index in [1.807, 2.05) is 0 Å². The van der Waals surface area contributed by atoms with Crippen molar-refractivity contribution in [2.24, 2.45) is 0 Å². The summed E-state index contributed by atoms with van der Waals surface area (Å²) in [7, 11) is 0. The Balaban J connectivity index is 3.18. The van der Waals surface area contributed by atoms with Crippen LogP contribution in [0.3, 0.4) is 0 Å². The molecule has 0 amide bonds. The number of allylic oxidation sites excluding steroid dienone is 1. The molecule has 1 nitrogen and oxygen atoms in total. The first-order valence-corrected chi connectivity index (χ1v) is 5.39. The maximum absolute atomic E-state index is 11.6. The van der Waals surface area contributed by atoms with Crippen LogP contribution in [0.4, 0.5) is 13.2 Å². The van der Waals surface area contributed by atoms with E-state index >= 15 is 0 Å². The maximum atomic E-state index is 11.6. The zero-order valence-electron chi connectivity index (χ0n) is 9.15. The van der Waals surface area contributed by atoms with Gasteiger partial charge in [0.25, 0.3) is 0 Å². The van der Waals surface area contributed by atoms with Gasteiger partial charge in [-0.25, -0.2) is 0 Å². The average Bonchev–Trinajstić information content (AvgIpc) is 2.14. The third kappa shape index (κ3) is 13.3. The van der Waals surface area contributed by atoms with E-state index in [0.29, 0.717) is 0 Å². The predicted molar refractivity (Wildman–Crippen MR) is 54.5 cm³/mol. The second kappa shape index (κ2) is 8.62. The summed E-state index contributed by atoms with van der Waals surface area (Å²) in [5, 5.41) is 0. The first-order chi connectivity index (χ1) is 7.06. The fraction of sp³-hybridized carbons (Fsp3) is 0.818. The minimum atomic E-state index is -4.23. The molecular weight excluding hydrogens is 205 g/mol. The van der Waals surface area contributed by atoms with Gasteiger partial charge in [-0.2, -0.15) is 13.2 Å². The number of rotatable bonds is 8. The molecule has 0 atom stereocenters. The van der Waals surface area contributed by atoms with Crippen molar-refractivity contribution >= 4 is 0 Å². The summed E-state index contributed by atoms with van der Waals surface area (Å²) < 4.78 is 39.2. The normalized spacial score (nSPS) is 12.3. The number of alkyl halides is 3. The highest BCUT2D eigenvalue weighted by atomic mass is 19.4. The van der Waals surface area contributed by atoms with Crippen LogP contribution < -0.4 is 0 Å². The summed E-state index contributed by atoms with van der Waals surface area (Å²) in [5.74, 6) is 0. The van der Waals surface area contributed by atoms with Crippen molar-refractivity contribution in [1.82, 2.24) is 0 Å². The van der Waals surface area contributed by atoms with Crippen LogP contribution in [0.1, 0.15) is 45.4 Å². The van der Waals surface area contributed by atoms with Gasteiger partial charge in [0.1, 0.15) is 0 Å². The van der Waals surface area contributed by atoms with Crippen LogP contribution in [0.5, 0.6) is 0 Å². The zero-order chi connectivity index (χ0) is 11.6. The van der Waals surface area contributed by atoms with E-state index in [4.69, 9.17) is 0 Å². The van der Waals surface area contributed by atoms with Gasteiger partial charge in [-0.05, 0) is 18.9 Å². The molecule has 0 bridgehead atoms. The lowest BCUT2D eigenvalue weighted by atomic mass is 10.1. The molecular formula is C11H19F3O. The fourth-order valence-corrected chi connectivity index (χ4v) is 1.14. The van der Waals surface area contributed by atoms with Gasteiger partial charge in [-0.3, -0.25) is 0 Å². The molecule has 0 aromatic heterocycles. The Kier molecular flexibility index (Phi) is 8.24. The van der Waals surface area contributed by atoms with Gasteiger partial charge in [0, 0.05) is 0 Å². The number of halogens is 3. The van der Waals surface area contributed by atoms with E-state index in [0.717, 1.165) is 25.5 Å². The van der Waals surface area contributed by atoms with Crippen LogP contribution in [0.25, 0.3) is 0 Å². The van der Waals surface area contributed by atoms with E-state index < -0.39 is 12.8 Å². The average molecular weight is 224 g/mol. The highest BCUT2D eigenvalue weighted by Gasteiger charge is 2.27. The van der Waals surface area contributed by atoms with Crippen LogP contribution in [0.15, 0.2) is 12.3 Å². The van der Waals surface area contributed by atoms with Gasteiger partial charge in [-0.15, -0.1) is 0 Å². The molecule has 0 aliphatic carbocycles. The van der Waals surface area contributed by atoms with Crippen molar-refractivity contribution in [3.63, 3.8) is 0 Å². The van der Waals surface area contributed by atoms with Gasteiger partial charge in [0.05, 0.1) is 6.26 Å². The summed E-state index contributed by atoms with van der Waals surface area (Å²) >= 11 is 0. The lowest BCUT2D eigenvalue weighted by Crippen LogP contribution is -2.14. The second-order valence-electron chi connectivity index (χ2n) is 3.50.